The molecule has 0 saturated heterocycles. The first-order chi connectivity index (χ1) is 9.37. The molecule has 1 aliphatic heterocycles. The number of aryl methyl sites for hydroxylation is 1. The van der Waals surface area contributed by atoms with E-state index in [2.05, 4.69) is 10.6 Å². The number of anilines is 1. The Kier molecular flexibility index (Phi) is 4.32. The van der Waals surface area contributed by atoms with E-state index < -0.39 is 15.9 Å². The highest BCUT2D eigenvalue weighted by Gasteiger charge is 2.19. The summed E-state index contributed by atoms with van der Waals surface area (Å²) in [4.78, 5) is 12.3. The van der Waals surface area contributed by atoms with Crippen LogP contribution in [0.4, 0.5) is 5.69 Å². The number of fused-ring (bicyclic) bond motifs is 1. The SMILES string of the molecule is CC(CS(C)(=O)=O)NC(=O)c1cccc2c1NCCC2. The molecule has 1 aromatic rings. The van der Waals surface area contributed by atoms with Crippen LogP contribution in [-0.4, -0.2) is 38.9 Å². The number of amides is 1. The minimum atomic E-state index is -3.10. The molecule has 0 radical (unpaired) electrons. The molecule has 6 heteroatoms. The van der Waals surface area contributed by atoms with Gasteiger partial charge in [0.1, 0.15) is 9.84 Å². The fraction of sp³-hybridized carbons (Fsp3) is 0.500. The third-order valence-corrected chi connectivity index (χ3v) is 4.36. The van der Waals surface area contributed by atoms with E-state index in [1.807, 2.05) is 12.1 Å². The Bertz CT molecular complexity index is 611. The largest absolute Gasteiger partial charge is 0.384 e. The molecule has 1 aliphatic rings. The van der Waals surface area contributed by atoms with Gasteiger partial charge in [-0.05, 0) is 31.4 Å². The van der Waals surface area contributed by atoms with Crippen LogP contribution >= 0.6 is 0 Å². The minimum Gasteiger partial charge on any atom is -0.384 e. The summed E-state index contributed by atoms with van der Waals surface area (Å²) >= 11 is 0. The molecule has 5 nitrogen and oxygen atoms in total. The quantitative estimate of drug-likeness (QED) is 0.875. The van der Waals surface area contributed by atoms with Crippen molar-refractivity contribution >= 4 is 21.4 Å². The first-order valence-electron chi connectivity index (χ1n) is 6.71. The van der Waals surface area contributed by atoms with Crippen molar-refractivity contribution < 1.29 is 13.2 Å². The third-order valence-electron chi connectivity index (χ3n) is 3.25. The lowest BCUT2D eigenvalue weighted by Crippen LogP contribution is -2.37. The second-order valence-corrected chi connectivity index (χ2v) is 7.52. The summed E-state index contributed by atoms with van der Waals surface area (Å²) in [6.07, 6.45) is 3.19. The van der Waals surface area contributed by atoms with E-state index in [-0.39, 0.29) is 11.7 Å². The Labute approximate surface area is 119 Å². The van der Waals surface area contributed by atoms with Crippen LogP contribution in [0.3, 0.4) is 0 Å². The number of benzene rings is 1. The van der Waals surface area contributed by atoms with Gasteiger partial charge in [-0.1, -0.05) is 12.1 Å². The standard InChI is InChI=1S/C14H20N2O3S/c1-10(9-20(2,18)19)16-14(17)12-7-3-5-11-6-4-8-15-13(11)12/h3,5,7,10,15H,4,6,8-9H2,1-2H3,(H,16,17). The highest BCUT2D eigenvalue weighted by molar-refractivity contribution is 7.90. The normalized spacial score (nSPS) is 15.9. The molecule has 0 spiro atoms. The molecule has 20 heavy (non-hydrogen) atoms. The molecule has 1 amide bonds. The zero-order valence-electron chi connectivity index (χ0n) is 11.8. The molecule has 1 aromatic carbocycles. The minimum absolute atomic E-state index is 0.0544. The summed E-state index contributed by atoms with van der Waals surface area (Å²) in [5.41, 5.74) is 2.60. The number of hydrogen-bond acceptors (Lipinski definition) is 4. The van der Waals surface area contributed by atoms with Gasteiger partial charge in [0, 0.05) is 18.8 Å². The van der Waals surface area contributed by atoms with E-state index in [1.165, 1.54) is 6.26 Å². The van der Waals surface area contributed by atoms with Crippen molar-refractivity contribution in [2.45, 2.75) is 25.8 Å². The summed E-state index contributed by atoms with van der Waals surface area (Å²) in [7, 11) is -3.10. The zero-order valence-corrected chi connectivity index (χ0v) is 12.6. The van der Waals surface area contributed by atoms with Gasteiger partial charge in [0.15, 0.2) is 0 Å². The Morgan fingerprint density at radius 1 is 1.45 bits per heavy atom. The summed E-state index contributed by atoms with van der Waals surface area (Å²) in [6, 6.07) is 5.23. The van der Waals surface area contributed by atoms with Crippen molar-refractivity contribution in [2.24, 2.45) is 0 Å². The highest BCUT2D eigenvalue weighted by Crippen LogP contribution is 2.25. The van der Waals surface area contributed by atoms with Crippen molar-refractivity contribution in [1.82, 2.24) is 5.32 Å². The molecule has 0 aromatic heterocycles. The van der Waals surface area contributed by atoms with Crippen LogP contribution in [0.15, 0.2) is 18.2 Å². The molecule has 1 unspecified atom stereocenters. The van der Waals surface area contributed by atoms with Gasteiger partial charge in [-0.25, -0.2) is 8.42 Å². The first-order valence-corrected chi connectivity index (χ1v) is 8.77. The van der Waals surface area contributed by atoms with E-state index in [4.69, 9.17) is 0 Å². The number of carbonyl (C=O) groups is 1. The highest BCUT2D eigenvalue weighted by atomic mass is 32.2. The predicted molar refractivity (Wildman–Crippen MR) is 79.9 cm³/mol. The number of nitrogens with one attached hydrogen (secondary N) is 2. The van der Waals surface area contributed by atoms with Crippen LogP contribution < -0.4 is 10.6 Å². The average molecular weight is 296 g/mol. The van der Waals surface area contributed by atoms with E-state index in [0.717, 1.165) is 30.6 Å². The van der Waals surface area contributed by atoms with Gasteiger partial charge in [0.05, 0.1) is 17.0 Å². The van der Waals surface area contributed by atoms with E-state index in [0.29, 0.717) is 5.56 Å². The molecule has 0 saturated carbocycles. The fourth-order valence-corrected chi connectivity index (χ4v) is 3.49. The molecule has 0 fully saturated rings. The van der Waals surface area contributed by atoms with E-state index >= 15 is 0 Å². The summed E-state index contributed by atoms with van der Waals surface area (Å²) in [5, 5.41) is 6.00. The lowest BCUT2D eigenvalue weighted by atomic mass is 9.99. The molecule has 2 rings (SSSR count). The van der Waals surface area contributed by atoms with Crippen LogP contribution in [0.1, 0.15) is 29.3 Å². The Morgan fingerprint density at radius 2 is 2.20 bits per heavy atom. The topological polar surface area (TPSA) is 75.3 Å². The number of carbonyl (C=O) groups excluding carboxylic acids is 1. The molecule has 1 heterocycles. The van der Waals surface area contributed by atoms with E-state index in [9.17, 15) is 13.2 Å². The molecular weight excluding hydrogens is 276 g/mol. The van der Waals surface area contributed by atoms with Crippen LogP contribution in [0.2, 0.25) is 0 Å². The monoisotopic (exact) mass is 296 g/mol. The summed E-state index contributed by atoms with van der Waals surface area (Å²) in [5.74, 6) is -0.284. The van der Waals surface area contributed by atoms with Crippen LogP contribution in [0.5, 0.6) is 0 Å². The van der Waals surface area contributed by atoms with Gasteiger partial charge in [0.2, 0.25) is 0 Å². The van der Waals surface area contributed by atoms with Crippen molar-refractivity contribution in [1.29, 1.82) is 0 Å². The van der Waals surface area contributed by atoms with Gasteiger partial charge in [-0.3, -0.25) is 4.79 Å². The lowest BCUT2D eigenvalue weighted by Gasteiger charge is -2.21. The molecule has 0 aliphatic carbocycles. The lowest BCUT2D eigenvalue weighted by molar-refractivity contribution is 0.0944. The maximum Gasteiger partial charge on any atom is 0.253 e. The third kappa shape index (κ3) is 3.72. The summed E-state index contributed by atoms with van der Waals surface area (Å²) in [6.45, 7) is 2.55. The maximum atomic E-state index is 12.3. The summed E-state index contributed by atoms with van der Waals surface area (Å²) < 4.78 is 22.5. The number of para-hydroxylation sites is 1. The van der Waals surface area contributed by atoms with Gasteiger partial charge in [-0.2, -0.15) is 0 Å². The average Bonchev–Trinajstić information content (AvgIpc) is 2.35. The molecule has 110 valence electrons. The van der Waals surface area contributed by atoms with Crippen molar-refractivity contribution in [3.8, 4) is 0 Å². The molecular formula is C14H20N2O3S. The van der Waals surface area contributed by atoms with Gasteiger partial charge in [0.25, 0.3) is 5.91 Å². The van der Waals surface area contributed by atoms with Crippen LogP contribution in [0, 0.1) is 0 Å². The maximum absolute atomic E-state index is 12.3. The molecule has 1 atom stereocenters. The predicted octanol–water partition coefficient (Wildman–Crippen LogP) is 1.21. The smallest absolute Gasteiger partial charge is 0.253 e. The number of sulfone groups is 1. The Morgan fingerprint density at radius 3 is 2.90 bits per heavy atom. The number of rotatable bonds is 4. The van der Waals surface area contributed by atoms with Gasteiger partial charge >= 0.3 is 0 Å². The van der Waals surface area contributed by atoms with Gasteiger partial charge in [-0.15, -0.1) is 0 Å². The first kappa shape index (κ1) is 14.8. The zero-order chi connectivity index (χ0) is 14.8. The molecule has 2 N–H and O–H groups in total. The van der Waals surface area contributed by atoms with Crippen molar-refractivity contribution in [2.75, 3.05) is 23.9 Å². The van der Waals surface area contributed by atoms with Crippen molar-refractivity contribution in [3.05, 3.63) is 29.3 Å². The Balaban J connectivity index is 2.14. The second-order valence-electron chi connectivity index (χ2n) is 5.34. The van der Waals surface area contributed by atoms with Crippen LogP contribution in [0.25, 0.3) is 0 Å². The number of hydrogen-bond donors (Lipinski definition) is 2. The Hall–Kier alpha value is -1.56. The second kappa shape index (κ2) is 5.83. The van der Waals surface area contributed by atoms with Crippen LogP contribution in [-0.2, 0) is 16.3 Å². The fourth-order valence-electron chi connectivity index (χ4n) is 2.50. The van der Waals surface area contributed by atoms with Crippen molar-refractivity contribution in [3.63, 3.8) is 0 Å². The van der Waals surface area contributed by atoms with Gasteiger partial charge < -0.3 is 10.6 Å². The molecule has 0 bridgehead atoms. The van der Waals surface area contributed by atoms with E-state index in [1.54, 1.807) is 13.0 Å².